The molecule has 4 aliphatic heterocycles. The highest BCUT2D eigenvalue weighted by molar-refractivity contribution is 8.76. The molecule has 0 radical (unpaired) electrons. The van der Waals surface area contributed by atoms with Crippen LogP contribution >= 0.6 is 33.2 Å². The Kier molecular flexibility index (Phi) is 14.4. The second kappa shape index (κ2) is 17.8. The van der Waals surface area contributed by atoms with Crippen LogP contribution in [0.5, 0.6) is 5.75 Å². The van der Waals surface area contributed by atoms with Crippen LogP contribution in [0, 0.1) is 0 Å². The standard InChI is InChI=1S/C34H47ClN2O11S2/c1-20-9-8-10-27(44-6)34(41)18-24(46-32(40)36-34)25-17-33(2,48-25)28(47-31(39)26(43-5)19-45-11-12-50-49-7)16-29(38)37(3)22-14-21(13-20)15-23(42-4)30(22)35/h8-10,14-15,24-28,41H,11-13,16-19H2,1-7H3,(H,36,40)/b10-8+,20-9+/t24-,25?,26?,27+,28-,33+,34-/m0/s1. The Labute approximate surface area is 306 Å². The number of nitrogens with zero attached hydrogens (tertiary/aromatic N) is 1. The molecule has 4 heterocycles. The summed E-state index contributed by atoms with van der Waals surface area (Å²) in [5, 5.41) is 14.3. The van der Waals surface area contributed by atoms with Gasteiger partial charge in [-0.1, -0.05) is 57.0 Å². The molecule has 2 amide bonds. The molecule has 0 spiro atoms. The molecule has 7 atom stereocenters. The summed E-state index contributed by atoms with van der Waals surface area (Å²) in [6, 6.07) is 3.60. The van der Waals surface area contributed by atoms with Crippen molar-refractivity contribution in [1.29, 1.82) is 0 Å². The molecule has 0 saturated carbocycles. The topological polar surface area (TPSA) is 151 Å². The van der Waals surface area contributed by atoms with Crippen molar-refractivity contribution < 1.29 is 52.6 Å². The summed E-state index contributed by atoms with van der Waals surface area (Å²) in [5.41, 5.74) is -0.813. The first kappa shape index (κ1) is 40.3. The van der Waals surface area contributed by atoms with E-state index < -0.39 is 59.8 Å². The van der Waals surface area contributed by atoms with Crippen LogP contribution in [-0.4, -0.2) is 119 Å². The smallest absolute Gasteiger partial charge is 0.409 e. The minimum absolute atomic E-state index is 0.0418. The predicted molar refractivity (Wildman–Crippen MR) is 192 cm³/mol. The Morgan fingerprint density at radius 2 is 1.96 bits per heavy atom. The Bertz CT molecular complexity index is 1440. The van der Waals surface area contributed by atoms with E-state index in [-0.39, 0.29) is 30.9 Å². The zero-order valence-corrected chi connectivity index (χ0v) is 31.8. The van der Waals surface area contributed by atoms with Crippen LogP contribution in [0.3, 0.4) is 0 Å². The third-order valence-electron chi connectivity index (χ3n) is 8.99. The van der Waals surface area contributed by atoms with Crippen LogP contribution in [0.25, 0.3) is 0 Å². The van der Waals surface area contributed by atoms with Crippen molar-refractivity contribution >= 4 is 56.8 Å². The van der Waals surface area contributed by atoms with Gasteiger partial charge in [0.2, 0.25) is 5.91 Å². The molecule has 6 bridgehead atoms. The van der Waals surface area contributed by atoms with Gasteiger partial charge in [-0.05, 0) is 44.2 Å². The number of ether oxygens (including phenoxy) is 7. The first-order valence-corrected chi connectivity index (χ1v) is 19.2. The number of fused-ring (bicyclic) bond motifs is 6. The van der Waals surface area contributed by atoms with E-state index >= 15 is 0 Å². The van der Waals surface area contributed by atoms with Crippen molar-refractivity contribution in [3.05, 3.63) is 46.5 Å². The number of rotatable bonds is 11. The van der Waals surface area contributed by atoms with Gasteiger partial charge in [-0.15, -0.1) is 0 Å². The van der Waals surface area contributed by atoms with Crippen molar-refractivity contribution in [1.82, 2.24) is 5.32 Å². The molecule has 5 rings (SSSR count). The Balaban J connectivity index is 1.70. The van der Waals surface area contributed by atoms with E-state index in [2.05, 4.69) is 5.32 Å². The number of anilines is 1. The maximum atomic E-state index is 14.0. The fourth-order valence-electron chi connectivity index (χ4n) is 6.18. The number of benzene rings is 1. The summed E-state index contributed by atoms with van der Waals surface area (Å²) in [7, 11) is 9.14. The molecule has 0 aliphatic carbocycles. The Hall–Kier alpha value is -2.50. The number of amides is 2. The summed E-state index contributed by atoms with van der Waals surface area (Å²) in [5.74, 6) is -0.0172. The van der Waals surface area contributed by atoms with E-state index in [4.69, 9.17) is 44.8 Å². The van der Waals surface area contributed by atoms with Crippen LogP contribution in [0.1, 0.15) is 38.7 Å². The second-order valence-corrected chi connectivity index (χ2v) is 15.7. The van der Waals surface area contributed by atoms with E-state index in [1.165, 1.54) is 26.2 Å². The molecule has 13 nitrogen and oxygen atoms in total. The number of hydrogen-bond donors (Lipinski definition) is 2. The fourth-order valence-corrected chi connectivity index (χ4v) is 7.55. The highest BCUT2D eigenvalue weighted by Crippen LogP contribution is 2.44. The summed E-state index contributed by atoms with van der Waals surface area (Å²) in [6.07, 6.45) is 2.15. The van der Waals surface area contributed by atoms with Crippen molar-refractivity contribution in [2.45, 2.75) is 81.4 Å². The van der Waals surface area contributed by atoms with Gasteiger partial charge in [0.05, 0.1) is 38.5 Å². The van der Waals surface area contributed by atoms with Gasteiger partial charge in [-0.2, -0.15) is 0 Å². The predicted octanol–water partition coefficient (Wildman–Crippen LogP) is 4.46. The number of carbonyl (C=O) groups is 3. The summed E-state index contributed by atoms with van der Waals surface area (Å²) in [4.78, 5) is 41.6. The molecule has 2 unspecified atom stereocenters. The van der Waals surface area contributed by atoms with Crippen LogP contribution in [0.4, 0.5) is 10.5 Å². The van der Waals surface area contributed by atoms with Crippen LogP contribution in [0.2, 0.25) is 5.02 Å². The average Bonchev–Trinajstić information content (AvgIpc) is 3.05. The number of nitrogens with one attached hydrogen (secondary N) is 1. The summed E-state index contributed by atoms with van der Waals surface area (Å²) >= 11 is 6.73. The maximum absolute atomic E-state index is 14.0. The number of esters is 1. The zero-order valence-electron chi connectivity index (χ0n) is 29.4. The van der Waals surface area contributed by atoms with Crippen molar-refractivity contribution in [3.8, 4) is 5.75 Å². The quantitative estimate of drug-likeness (QED) is 0.186. The van der Waals surface area contributed by atoms with Crippen LogP contribution in [-0.2, 0) is 44.4 Å². The Morgan fingerprint density at radius 3 is 2.62 bits per heavy atom. The lowest BCUT2D eigenvalue weighted by Gasteiger charge is -2.53. The van der Waals surface area contributed by atoms with Crippen molar-refractivity contribution in [3.63, 3.8) is 0 Å². The minimum Gasteiger partial charge on any atom is -0.495 e. The number of hydrogen-bond acceptors (Lipinski definition) is 13. The average molecular weight is 759 g/mol. The minimum atomic E-state index is -1.81. The second-order valence-electron chi connectivity index (χ2n) is 12.6. The fraction of sp³-hybridized carbons (Fsp3) is 0.618. The third kappa shape index (κ3) is 9.68. The molecule has 0 aromatic heterocycles. The first-order chi connectivity index (χ1) is 23.8. The number of aliphatic hydroxyl groups is 1. The summed E-state index contributed by atoms with van der Waals surface area (Å²) < 4.78 is 40.1. The lowest BCUT2D eigenvalue weighted by atomic mass is 9.79. The first-order valence-electron chi connectivity index (χ1n) is 16.1. The zero-order chi connectivity index (χ0) is 36.6. The molecule has 50 heavy (non-hydrogen) atoms. The van der Waals surface area contributed by atoms with Gasteiger partial charge in [0.25, 0.3) is 0 Å². The van der Waals surface area contributed by atoms with Crippen LogP contribution in [0.15, 0.2) is 35.9 Å². The monoisotopic (exact) mass is 758 g/mol. The van der Waals surface area contributed by atoms with E-state index in [0.29, 0.717) is 24.5 Å². The van der Waals surface area contributed by atoms with E-state index in [1.807, 2.05) is 19.3 Å². The van der Waals surface area contributed by atoms with Crippen molar-refractivity contribution in [2.75, 3.05) is 58.5 Å². The van der Waals surface area contributed by atoms with Crippen LogP contribution < -0.4 is 15.0 Å². The van der Waals surface area contributed by atoms with Gasteiger partial charge in [-0.25, -0.2) is 9.59 Å². The SMILES string of the molecule is COc1cc2cc(c1Cl)N(C)C(=O)C[C@H](OC(=O)C(COCCSSC)OC)[C@@]1(C)CC(O1)[C@@H]1C[C@@](O)(NC(=O)O1)[C@H](OC)/C=C/C=C(\C)C2. The molecule has 278 valence electrons. The van der Waals surface area contributed by atoms with Crippen molar-refractivity contribution in [2.24, 2.45) is 0 Å². The lowest BCUT2D eigenvalue weighted by Crippen LogP contribution is -2.68. The highest BCUT2D eigenvalue weighted by atomic mass is 35.5. The van der Waals surface area contributed by atoms with E-state index in [0.717, 1.165) is 16.9 Å². The molecule has 1 aromatic rings. The van der Waals surface area contributed by atoms with Gasteiger partial charge >= 0.3 is 12.1 Å². The number of methoxy groups -OCH3 is 3. The highest BCUT2D eigenvalue weighted by Gasteiger charge is 2.57. The Morgan fingerprint density at radius 1 is 1.22 bits per heavy atom. The molecular weight excluding hydrogens is 712 g/mol. The number of allylic oxidation sites excluding steroid dienone is 3. The molecule has 2 saturated heterocycles. The van der Waals surface area contributed by atoms with Gasteiger partial charge in [-0.3, -0.25) is 10.1 Å². The van der Waals surface area contributed by atoms with Gasteiger partial charge in [0, 0.05) is 39.9 Å². The third-order valence-corrected chi connectivity index (χ3v) is 11.1. The van der Waals surface area contributed by atoms with Gasteiger partial charge < -0.3 is 43.2 Å². The molecule has 4 aliphatic rings. The number of halogens is 1. The molecule has 1 aromatic carbocycles. The molecule has 2 fully saturated rings. The summed E-state index contributed by atoms with van der Waals surface area (Å²) in [6.45, 7) is 4.01. The largest absolute Gasteiger partial charge is 0.495 e. The number of carbonyl (C=O) groups excluding carboxylic acids is 3. The van der Waals surface area contributed by atoms with E-state index in [1.54, 1.807) is 59.8 Å². The maximum Gasteiger partial charge on any atom is 0.409 e. The van der Waals surface area contributed by atoms with Gasteiger partial charge in [0.15, 0.2) is 11.8 Å². The number of alkyl carbamates (subject to hydrolysis) is 1. The van der Waals surface area contributed by atoms with E-state index in [9.17, 15) is 19.5 Å². The molecular formula is C34H47ClN2O11S2. The molecule has 16 heteroatoms. The van der Waals surface area contributed by atoms with Gasteiger partial charge in [0.1, 0.15) is 34.7 Å². The lowest BCUT2D eigenvalue weighted by molar-refractivity contribution is -0.281. The molecule has 2 N–H and O–H groups in total. The normalized spacial score (nSPS) is 31.0.